The second-order valence-corrected chi connectivity index (χ2v) is 5.62. The number of hydrogen-bond donors (Lipinski definition) is 4. The zero-order valence-corrected chi connectivity index (χ0v) is 12.7. The summed E-state index contributed by atoms with van der Waals surface area (Å²) in [4.78, 5) is 4.05. The molecule has 1 atom stereocenters. The fourth-order valence-corrected chi connectivity index (χ4v) is 2.95. The van der Waals surface area contributed by atoms with Crippen LogP contribution in [0.25, 0.3) is 11.1 Å². The molecular formula is C14H12Cl2FN5. The maximum atomic E-state index is 14.0. The summed E-state index contributed by atoms with van der Waals surface area (Å²) < 4.78 is 14.0. The average Bonchev–Trinajstić information content (AvgIpc) is 2.81. The van der Waals surface area contributed by atoms with Crippen molar-refractivity contribution < 1.29 is 4.39 Å². The lowest BCUT2D eigenvalue weighted by molar-refractivity contribution is 0.375. The SMILES string of the molecule is NC1=NC(N)(c2cc(Cl)c(-c3ccccc3F)c(Cl)c2)NN1. The minimum Gasteiger partial charge on any atom is -0.369 e. The van der Waals surface area contributed by atoms with Crippen molar-refractivity contribution in [2.45, 2.75) is 5.79 Å². The lowest BCUT2D eigenvalue weighted by Gasteiger charge is -2.22. The number of halogens is 3. The van der Waals surface area contributed by atoms with Gasteiger partial charge in [-0.25, -0.2) is 9.38 Å². The fraction of sp³-hybridized carbons (Fsp3) is 0.0714. The average molecular weight is 340 g/mol. The van der Waals surface area contributed by atoms with E-state index in [0.29, 0.717) is 16.7 Å². The number of nitrogens with zero attached hydrogens (tertiary/aromatic N) is 1. The molecule has 0 radical (unpaired) electrons. The molecule has 2 aromatic carbocycles. The highest BCUT2D eigenvalue weighted by Gasteiger charge is 2.32. The van der Waals surface area contributed by atoms with Crippen molar-refractivity contribution in [3.05, 3.63) is 57.8 Å². The van der Waals surface area contributed by atoms with Gasteiger partial charge in [-0.1, -0.05) is 41.4 Å². The van der Waals surface area contributed by atoms with Gasteiger partial charge in [0.25, 0.3) is 0 Å². The number of hydrogen-bond acceptors (Lipinski definition) is 5. The molecule has 0 saturated heterocycles. The molecule has 114 valence electrons. The Kier molecular flexibility index (Phi) is 3.70. The summed E-state index contributed by atoms with van der Waals surface area (Å²) in [6.45, 7) is 0. The predicted molar refractivity (Wildman–Crippen MR) is 85.6 cm³/mol. The zero-order valence-electron chi connectivity index (χ0n) is 11.2. The van der Waals surface area contributed by atoms with Crippen LogP contribution in [-0.2, 0) is 5.79 Å². The van der Waals surface area contributed by atoms with E-state index in [-0.39, 0.29) is 16.0 Å². The number of guanidine groups is 1. The Morgan fingerprint density at radius 2 is 1.77 bits per heavy atom. The first-order chi connectivity index (χ1) is 10.4. The lowest BCUT2D eigenvalue weighted by atomic mass is 10.0. The number of benzene rings is 2. The number of rotatable bonds is 2. The summed E-state index contributed by atoms with van der Waals surface area (Å²) in [5, 5.41) is 0.528. The maximum Gasteiger partial charge on any atom is 0.209 e. The molecule has 6 N–H and O–H groups in total. The van der Waals surface area contributed by atoms with E-state index in [0.717, 1.165) is 0 Å². The van der Waals surface area contributed by atoms with Gasteiger partial charge in [-0.3, -0.25) is 11.2 Å². The van der Waals surface area contributed by atoms with Gasteiger partial charge in [-0.15, -0.1) is 0 Å². The second kappa shape index (κ2) is 5.40. The first-order valence-corrected chi connectivity index (χ1v) is 7.08. The predicted octanol–water partition coefficient (Wildman–Crippen LogP) is 2.29. The molecule has 2 aromatic rings. The van der Waals surface area contributed by atoms with E-state index < -0.39 is 11.6 Å². The minimum absolute atomic E-state index is 0.146. The minimum atomic E-state index is -1.29. The Morgan fingerprint density at radius 3 is 2.32 bits per heavy atom. The molecule has 0 fully saturated rings. The molecule has 5 nitrogen and oxygen atoms in total. The molecule has 0 amide bonds. The smallest absolute Gasteiger partial charge is 0.209 e. The second-order valence-electron chi connectivity index (χ2n) is 4.81. The Bertz CT molecular complexity index is 757. The molecular weight excluding hydrogens is 328 g/mol. The van der Waals surface area contributed by atoms with E-state index in [1.54, 1.807) is 30.3 Å². The summed E-state index contributed by atoms with van der Waals surface area (Å²) in [6, 6.07) is 9.39. The van der Waals surface area contributed by atoms with Crippen molar-refractivity contribution in [1.29, 1.82) is 0 Å². The van der Waals surface area contributed by atoms with E-state index in [4.69, 9.17) is 34.7 Å². The van der Waals surface area contributed by atoms with Crippen LogP contribution in [0.1, 0.15) is 5.56 Å². The third-order valence-electron chi connectivity index (χ3n) is 3.30. The van der Waals surface area contributed by atoms with Gasteiger partial charge in [0.15, 0.2) is 0 Å². The van der Waals surface area contributed by atoms with Crippen molar-refractivity contribution in [1.82, 2.24) is 10.9 Å². The zero-order chi connectivity index (χ0) is 15.9. The Hall–Kier alpha value is -1.86. The number of hydrazine groups is 1. The van der Waals surface area contributed by atoms with Crippen LogP contribution < -0.4 is 22.3 Å². The molecule has 0 aliphatic carbocycles. The molecule has 0 spiro atoms. The molecule has 0 bridgehead atoms. The highest BCUT2D eigenvalue weighted by Crippen LogP contribution is 2.38. The maximum absolute atomic E-state index is 14.0. The molecule has 3 rings (SSSR count). The van der Waals surface area contributed by atoms with Crippen LogP contribution in [0.2, 0.25) is 10.0 Å². The molecule has 0 aromatic heterocycles. The third-order valence-corrected chi connectivity index (χ3v) is 3.90. The van der Waals surface area contributed by atoms with E-state index in [1.165, 1.54) is 6.07 Å². The van der Waals surface area contributed by atoms with Gasteiger partial charge < -0.3 is 5.73 Å². The molecule has 1 heterocycles. The molecule has 1 aliphatic heterocycles. The van der Waals surface area contributed by atoms with Gasteiger partial charge in [0, 0.05) is 16.7 Å². The van der Waals surface area contributed by atoms with E-state index in [2.05, 4.69) is 15.8 Å². The van der Waals surface area contributed by atoms with Crippen molar-refractivity contribution in [2.75, 3.05) is 0 Å². The van der Waals surface area contributed by atoms with Crippen LogP contribution in [0.15, 0.2) is 41.4 Å². The van der Waals surface area contributed by atoms with Gasteiger partial charge >= 0.3 is 0 Å². The molecule has 1 aliphatic rings. The van der Waals surface area contributed by atoms with Crippen LogP contribution in [0.4, 0.5) is 4.39 Å². The molecule has 22 heavy (non-hydrogen) atoms. The first kappa shape index (κ1) is 15.1. The normalized spacial score (nSPS) is 20.6. The highest BCUT2D eigenvalue weighted by molar-refractivity contribution is 6.39. The monoisotopic (exact) mass is 339 g/mol. The quantitative estimate of drug-likeness (QED) is 0.675. The van der Waals surface area contributed by atoms with E-state index >= 15 is 0 Å². The first-order valence-electron chi connectivity index (χ1n) is 6.32. The van der Waals surface area contributed by atoms with Crippen LogP contribution in [-0.4, -0.2) is 5.96 Å². The summed E-state index contributed by atoms with van der Waals surface area (Å²) >= 11 is 12.6. The molecule has 1 unspecified atom stereocenters. The van der Waals surface area contributed by atoms with Crippen molar-refractivity contribution in [2.24, 2.45) is 16.5 Å². The van der Waals surface area contributed by atoms with Crippen LogP contribution >= 0.6 is 23.2 Å². The van der Waals surface area contributed by atoms with Gasteiger partial charge in [-0.05, 0) is 18.2 Å². The largest absolute Gasteiger partial charge is 0.369 e. The van der Waals surface area contributed by atoms with Gasteiger partial charge in [-0.2, -0.15) is 5.43 Å². The van der Waals surface area contributed by atoms with Gasteiger partial charge in [0.2, 0.25) is 11.7 Å². The summed E-state index contributed by atoms with van der Waals surface area (Å²) in [6.07, 6.45) is 0. The van der Waals surface area contributed by atoms with Crippen molar-refractivity contribution in [3.8, 4) is 11.1 Å². The Morgan fingerprint density at radius 1 is 1.14 bits per heavy atom. The number of aliphatic imine (C=N–C) groups is 1. The third kappa shape index (κ3) is 2.50. The van der Waals surface area contributed by atoms with Crippen LogP contribution in [0.5, 0.6) is 0 Å². The van der Waals surface area contributed by atoms with E-state index in [1.807, 2.05) is 0 Å². The lowest BCUT2D eigenvalue weighted by Crippen LogP contribution is -2.50. The van der Waals surface area contributed by atoms with Gasteiger partial charge in [0.05, 0.1) is 10.0 Å². The number of nitrogens with one attached hydrogen (secondary N) is 2. The summed E-state index contributed by atoms with van der Waals surface area (Å²) in [5.74, 6) is -1.55. The summed E-state index contributed by atoms with van der Waals surface area (Å²) in [5.41, 5.74) is 18.2. The Labute approximate surface area is 136 Å². The fourth-order valence-electron chi connectivity index (χ4n) is 2.26. The molecule has 0 saturated carbocycles. The van der Waals surface area contributed by atoms with Crippen molar-refractivity contribution in [3.63, 3.8) is 0 Å². The molecule has 8 heteroatoms. The topological polar surface area (TPSA) is 88.5 Å². The van der Waals surface area contributed by atoms with Crippen molar-refractivity contribution >= 4 is 29.2 Å². The van der Waals surface area contributed by atoms with Gasteiger partial charge in [0.1, 0.15) is 5.82 Å². The summed E-state index contributed by atoms with van der Waals surface area (Å²) in [7, 11) is 0. The van der Waals surface area contributed by atoms with E-state index in [9.17, 15) is 4.39 Å². The number of nitrogens with two attached hydrogens (primary N) is 2. The van der Waals surface area contributed by atoms with Crippen LogP contribution in [0, 0.1) is 5.82 Å². The standard InChI is InChI=1S/C14H12Cl2FN5/c15-9-5-7(14(19)20-13(18)21-22-14)6-10(16)12(9)8-3-1-2-4-11(8)17/h1-6,22H,19H2,(H3,18,20,21). The Balaban J connectivity index is 2.12. The van der Waals surface area contributed by atoms with Crippen LogP contribution in [0.3, 0.4) is 0 Å². The highest BCUT2D eigenvalue weighted by atomic mass is 35.5.